The average molecular weight is 222 g/mol. The summed E-state index contributed by atoms with van der Waals surface area (Å²) in [4.78, 5) is 12.2. The van der Waals surface area contributed by atoms with Crippen LogP contribution in [0, 0.1) is 0 Å². The lowest BCUT2D eigenvalue weighted by Gasteiger charge is -2.02. The Morgan fingerprint density at radius 2 is 2.07 bits per heavy atom. The predicted octanol–water partition coefficient (Wildman–Crippen LogP) is 1.68. The van der Waals surface area contributed by atoms with E-state index in [0.717, 1.165) is 0 Å². The molecule has 1 N–H and O–H groups in total. The van der Waals surface area contributed by atoms with Gasteiger partial charge in [0.15, 0.2) is 5.82 Å². The van der Waals surface area contributed by atoms with Crippen molar-refractivity contribution in [3.63, 3.8) is 0 Å². The summed E-state index contributed by atoms with van der Waals surface area (Å²) in [6.45, 7) is -0.125. The zero-order valence-corrected chi connectivity index (χ0v) is 8.52. The van der Waals surface area contributed by atoms with Gasteiger partial charge >= 0.3 is 0 Å². The fraction of sp³-hybridized carbons (Fsp3) is 0.100. The van der Waals surface area contributed by atoms with Gasteiger partial charge in [0.2, 0.25) is 0 Å². The van der Waals surface area contributed by atoms with Gasteiger partial charge in [-0.05, 0) is 18.2 Å². The lowest BCUT2D eigenvalue weighted by molar-refractivity contribution is 0.277. The first kappa shape index (κ1) is 10.0. The molecule has 0 saturated heterocycles. The van der Waals surface area contributed by atoms with Crippen LogP contribution in [0.5, 0.6) is 0 Å². The molecule has 0 amide bonds. The van der Waals surface area contributed by atoms with E-state index in [1.165, 1.54) is 0 Å². The highest BCUT2D eigenvalue weighted by molar-refractivity contribution is 6.32. The largest absolute Gasteiger partial charge is 0.390 e. The summed E-state index contributed by atoms with van der Waals surface area (Å²) in [5.41, 5.74) is 1.07. The van der Waals surface area contributed by atoms with Crippen molar-refractivity contribution in [2.75, 3.05) is 0 Å². The average Bonchev–Trinajstić information content (AvgIpc) is 2.30. The molecule has 0 unspecified atom stereocenters. The maximum absolute atomic E-state index is 8.93. The van der Waals surface area contributed by atoms with Crippen LogP contribution in [0.25, 0.3) is 11.5 Å². The van der Waals surface area contributed by atoms with Gasteiger partial charge < -0.3 is 5.11 Å². The first-order valence-corrected chi connectivity index (χ1v) is 4.72. The molecule has 0 atom stereocenters. The van der Waals surface area contributed by atoms with Crippen molar-refractivity contribution >= 4 is 11.6 Å². The molecule has 0 aromatic carbocycles. The maximum Gasteiger partial charge on any atom is 0.179 e. The molecule has 0 fully saturated rings. The van der Waals surface area contributed by atoms with Gasteiger partial charge in [-0.1, -0.05) is 11.6 Å². The molecule has 0 bridgehead atoms. The van der Waals surface area contributed by atoms with E-state index in [-0.39, 0.29) is 6.61 Å². The van der Waals surface area contributed by atoms with Crippen LogP contribution < -0.4 is 0 Å². The highest BCUT2D eigenvalue weighted by Crippen LogP contribution is 2.21. The second kappa shape index (κ2) is 4.33. The third-order valence-electron chi connectivity index (χ3n) is 1.85. The van der Waals surface area contributed by atoms with Crippen molar-refractivity contribution in [1.29, 1.82) is 0 Å². The molecule has 4 nitrogen and oxygen atoms in total. The summed E-state index contributed by atoms with van der Waals surface area (Å²) in [7, 11) is 0. The smallest absolute Gasteiger partial charge is 0.179 e. The van der Waals surface area contributed by atoms with Gasteiger partial charge in [-0.15, -0.1) is 0 Å². The van der Waals surface area contributed by atoms with E-state index in [2.05, 4.69) is 15.0 Å². The molecule has 15 heavy (non-hydrogen) atoms. The van der Waals surface area contributed by atoms with Crippen LogP contribution in [0.2, 0.25) is 5.02 Å². The van der Waals surface area contributed by atoms with Crippen molar-refractivity contribution in [2.24, 2.45) is 0 Å². The quantitative estimate of drug-likeness (QED) is 0.838. The zero-order valence-electron chi connectivity index (χ0n) is 7.76. The molecule has 2 heterocycles. The number of pyridine rings is 1. The SMILES string of the molecule is OCc1ccnc(-c2ncccc2Cl)n1. The van der Waals surface area contributed by atoms with E-state index in [4.69, 9.17) is 16.7 Å². The Morgan fingerprint density at radius 3 is 2.80 bits per heavy atom. The Kier molecular flexibility index (Phi) is 2.89. The van der Waals surface area contributed by atoms with Gasteiger partial charge in [-0.2, -0.15) is 0 Å². The first-order chi connectivity index (χ1) is 7.31. The summed E-state index contributed by atoms with van der Waals surface area (Å²) >= 11 is 5.95. The number of aliphatic hydroxyl groups excluding tert-OH is 1. The minimum atomic E-state index is -0.125. The van der Waals surface area contributed by atoms with E-state index in [1.54, 1.807) is 30.6 Å². The van der Waals surface area contributed by atoms with Gasteiger partial charge in [-0.25, -0.2) is 9.97 Å². The normalized spacial score (nSPS) is 10.3. The van der Waals surface area contributed by atoms with Crippen LogP contribution in [0.1, 0.15) is 5.69 Å². The van der Waals surface area contributed by atoms with Crippen LogP contribution in [0.3, 0.4) is 0 Å². The Morgan fingerprint density at radius 1 is 1.20 bits per heavy atom. The number of aliphatic hydroxyl groups is 1. The summed E-state index contributed by atoms with van der Waals surface area (Å²) < 4.78 is 0. The third kappa shape index (κ3) is 2.11. The van der Waals surface area contributed by atoms with Gasteiger partial charge in [0.05, 0.1) is 17.3 Å². The molecule has 76 valence electrons. The number of hydrogen-bond acceptors (Lipinski definition) is 4. The lowest BCUT2D eigenvalue weighted by Crippen LogP contribution is -1.96. The number of nitrogens with zero attached hydrogens (tertiary/aromatic N) is 3. The highest BCUT2D eigenvalue weighted by atomic mass is 35.5. The monoisotopic (exact) mass is 221 g/mol. The summed E-state index contributed by atoms with van der Waals surface area (Å²) in [6, 6.07) is 5.10. The molecule has 2 aromatic rings. The van der Waals surface area contributed by atoms with Gasteiger partial charge in [0.25, 0.3) is 0 Å². The van der Waals surface area contributed by atoms with Gasteiger partial charge in [0, 0.05) is 12.4 Å². The zero-order chi connectivity index (χ0) is 10.7. The fourth-order valence-electron chi connectivity index (χ4n) is 1.15. The van der Waals surface area contributed by atoms with E-state index < -0.39 is 0 Å². The van der Waals surface area contributed by atoms with E-state index in [9.17, 15) is 0 Å². The molecule has 5 heteroatoms. The summed E-state index contributed by atoms with van der Waals surface area (Å²) in [6.07, 6.45) is 3.19. The van der Waals surface area contributed by atoms with Gasteiger partial charge in [0.1, 0.15) is 5.69 Å². The predicted molar refractivity (Wildman–Crippen MR) is 56.2 cm³/mol. The molecule has 0 radical (unpaired) electrons. The molecule has 0 aliphatic carbocycles. The topological polar surface area (TPSA) is 58.9 Å². The minimum absolute atomic E-state index is 0.125. The Labute approximate surface area is 91.6 Å². The molecule has 0 aliphatic rings. The van der Waals surface area contributed by atoms with Crippen molar-refractivity contribution in [2.45, 2.75) is 6.61 Å². The standard InChI is InChI=1S/C10H8ClN3O/c11-8-2-1-4-12-9(8)10-13-5-3-7(6-15)14-10/h1-5,15H,6H2. The van der Waals surface area contributed by atoms with Crippen LogP contribution >= 0.6 is 11.6 Å². The summed E-state index contributed by atoms with van der Waals surface area (Å²) in [5.74, 6) is 0.423. The first-order valence-electron chi connectivity index (χ1n) is 4.35. The number of aromatic nitrogens is 3. The lowest BCUT2D eigenvalue weighted by atomic mass is 10.3. The molecular weight excluding hydrogens is 214 g/mol. The van der Waals surface area contributed by atoms with Crippen molar-refractivity contribution < 1.29 is 5.11 Å². The summed E-state index contributed by atoms with van der Waals surface area (Å²) in [5, 5.41) is 9.43. The van der Waals surface area contributed by atoms with Crippen LogP contribution in [-0.4, -0.2) is 20.1 Å². The van der Waals surface area contributed by atoms with Crippen LogP contribution in [0.4, 0.5) is 0 Å². The van der Waals surface area contributed by atoms with E-state index >= 15 is 0 Å². The van der Waals surface area contributed by atoms with E-state index in [1.807, 2.05) is 0 Å². The van der Waals surface area contributed by atoms with Crippen molar-refractivity contribution in [3.05, 3.63) is 41.3 Å². The number of hydrogen-bond donors (Lipinski definition) is 1. The van der Waals surface area contributed by atoms with Crippen LogP contribution in [-0.2, 0) is 6.61 Å². The Balaban J connectivity index is 2.49. The fourth-order valence-corrected chi connectivity index (χ4v) is 1.35. The van der Waals surface area contributed by atoms with E-state index in [0.29, 0.717) is 22.2 Å². The Hall–Kier alpha value is -1.52. The Bertz CT molecular complexity index is 476. The molecule has 2 rings (SSSR count). The van der Waals surface area contributed by atoms with Gasteiger partial charge in [-0.3, -0.25) is 4.98 Å². The number of halogens is 1. The molecular formula is C10H8ClN3O. The molecule has 0 aliphatic heterocycles. The molecule has 0 saturated carbocycles. The molecule has 2 aromatic heterocycles. The van der Waals surface area contributed by atoms with Crippen molar-refractivity contribution in [3.8, 4) is 11.5 Å². The van der Waals surface area contributed by atoms with Crippen molar-refractivity contribution in [1.82, 2.24) is 15.0 Å². The third-order valence-corrected chi connectivity index (χ3v) is 2.15. The number of rotatable bonds is 2. The maximum atomic E-state index is 8.93. The second-order valence-corrected chi connectivity index (χ2v) is 3.27. The minimum Gasteiger partial charge on any atom is -0.390 e. The molecule has 0 spiro atoms. The highest BCUT2D eigenvalue weighted by Gasteiger charge is 2.07. The van der Waals surface area contributed by atoms with Crippen LogP contribution in [0.15, 0.2) is 30.6 Å². The second-order valence-electron chi connectivity index (χ2n) is 2.86.